The molecule has 0 atom stereocenters. The van der Waals surface area contributed by atoms with E-state index >= 15 is 0 Å². The van der Waals surface area contributed by atoms with E-state index in [0.29, 0.717) is 11.1 Å². The largest absolute Gasteiger partial charge is 0.256 e. The fourth-order valence-electron chi connectivity index (χ4n) is 2.39. The summed E-state index contributed by atoms with van der Waals surface area (Å²) in [6.07, 6.45) is 1.75. The first-order valence-corrected chi connectivity index (χ1v) is 6.78. The highest BCUT2D eigenvalue weighted by Gasteiger charge is 2.10. The van der Waals surface area contributed by atoms with Crippen LogP contribution in [-0.2, 0) is 0 Å². The molecule has 0 saturated carbocycles. The molecule has 0 saturated heterocycles. The van der Waals surface area contributed by atoms with Crippen molar-refractivity contribution in [3.05, 3.63) is 78.0 Å². The van der Waals surface area contributed by atoms with Crippen LogP contribution < -0.4 is 0 Å². The van der Waals surface area contributed by atoms with Crippen LogP contribution in [0.1, 0.15) is 11.1 Å². The van der Waals surface area contributed by atoms with E-state index in [1.807, 2.05) is 48.5 Å². The van der Waals surface area contributed by atoms with Crippen molar-refractivity contribution in [3.8, 4) is 34.5 Å². The SMILES string of the molecule is N#Cc1cccc(-c2cccc(-c3ccccn3)c2)c1C#N. The van der Waals surface area contributed by atoms with Crippen molar-refractivity contribution in [2.75, 3.05) is 0 Å². The number of hydrogen-bond donors (Lipinski definition) is 0. The number of nitrogens with zero attached hydrogens (tertiary/aromatic N) is 3. The molecule has 22 heavy (non-hydrogen) atoms. The van der Waals surface area contributed by atoms with Crippen LogP contribution in [0.2, 0.25) is 0 Å². The van der Waals surface area contributed by atoms with Crippen molar-refractivity contribution in [2.45, 2.75) is 0 Å². The molecule has 0 amide bonds. The van der Waals surface area contributed by atoms with Gasteiger partial charge in [-0.2, -0.15) is 10.5 Å². The molecule has 1 aromatic heterocycles. The van der Waals surface area contributed by atoms with Gasteiger partial charge in [-0.05, 0) is 29.8 Å². The second-order valence-corrected chi connectivity index (χ2v) is 4.75. The molecule has 0 N–H and O–H groups in total. The average molecular weight is 281 g/mol. The molecule has 0 aliphatic carbocycles. The molecule has 2 aromatic carbocycles. The lowest BCUT2D eigenvalue weighted by Gasteiger charge is -2.08. The topological polar surface area (TPSA) is 60.5 Å². The first-order valence-electron chi connectivity index (χ1n) is 6.78. The summed E-state index contributed by atoms with van der Waals surface area (Å²) in [6.45, 7) is 0. The molecule has 3 heteroatoms. The molecule has 0 unspecified atom stereocenters. The molecule has 3 rings (SSSR count). The summed E-state index contributed by atoms with van der Waals surface area (Å²) in [5.74, 6) is 0. The normalized spacial score (nSPS) is 9.73. The third-order valence-electron chi connectivity index (χ3n) is 3.43. The van der Waals surface area contributed by atoms with Gasteiger partial charge < -0.3 is 0 Å². The molecule has 0 radical (unpaired) electrons. The van der Waals surface area contributed by atoms with Crippen LogP contribution in [0.5, 0.6) is 0 Å². The number of hydrogen-bond acceptors (Lipinski definition) is 3. The van der Waals surface area contributed by atoms with Crippen LogP contribution in [0.15, 0.2) is 66.9 Å². The zero-order valence-corrected chi connectivity index (χ0v) is 11.7. The summed E-state index contributed by atoms with van der Waals surface area (Å²) in [4.78, 5) is 4.34. The maximum absolute atomic E-state index is 9.36. The van der Waals surface area contributed by atoms with Crippen molar-refractivity contribution in [2.24, 2.45) is 0 Å². The van der Waals surface area contributed by atoms with E-state index in [0.717, 1.165) is 22.4 Å². The summed E-state index contributed by atoms with van der Waals surface area (Å²) >= 11 is 0. The molecule has 3 aromatic rings. The lowest BCUT2D eigenvalue weighted by Crippen LogP contribution is -1.90. The Kier molecular flexibility index (Phi) is 3.64. The van der Waals surface area contributed by atoms with Crippen molar-refractivity contribution < 1.29 is 0 Å². The Labute approximate surface area is 128 Å². The monoisotopic (exact) mass is 281 g/mol. The minimum atomic E-state index is 0.392. The molecule has 1 heterocycles. The summed E-state index contributed by atoms with van der Waals surface area (Å²) < 4.78 is 0. The number of nitriles is 2. The van der Waals surface area contributed by atoms with Crippen LogP contribution in [-0.4, -0.2) is 4.98 Å². The second kappa shape index (κ2) is 5.91. The molecule has 0 spiro atoms. The first-order chi connectivity index (χ1) is 10.8. The van der Waals surface area contributed by atoms with Crippen molar-refractivity contribution in [1.82, 2.24) is 4.98 Å². The Morgan fingerprint density at radius 2 is 1.59 bits per heavy atom. The fourth-order valence-corrected chi connectivity index (χ4v) is 2.39. The van der Waals surface area contributed by atoms with E-state index in [-0.39, 0.29) is 0 Å². The van der Waals surface area contributed by atoms with E-state index in [1.165, 1.54) is 0 Å². The van der Waals surface area contributed by atoms with E-state index in [1.54, 1.807) is 18.3 Å². The number of pyridine rings is 1. The quantitative estimate of drug-likeness (QED) is 0.708. The van der Waals surface area contributed by atoms with Crippen LogP contribution in [0.3, 0.4) is 0 Å². The number of aromatic nitrogens is 1. The molecule has 0 bridgehead atoms. The van der Waals surface area contributed by atoms with E-state index in [9.17, 15) is 5.26 Å². The van der Waals surface area contributed by atoms with Crippen molar-refractivity contribution in [3.63, 3.8) is 0 Å². The highest BCUT2D eigenvalue weighted by atomic mass is 14.7. The van der Waals surface area contributed by atoms with Gasteiger partial charge in [-0.15, -0.1) is 0 Å². The minimum absolute atomic E-state index is 0.392. The predicted octanol–water partition coefficient (Wildman–Crippen LogP) is 4.16. The third kappa shape index (κ3) is 2.44. The zero-order chi connectivity index (χ0) is 15.4. The standard InChI is InChI=1S/C19H11N3/c20-12-16-7-4-8-17(18(16)13-21)14-5-3-6-15(11-14)19-9-1-2-10-22-19/h1-11H. The summed E-state index contributed by atoms with van der Waals surface area (Å²) in [5, 5.41) is 18.5. The van der Waals surface area contributed by atoms with Crippen LogP contribution in [0, 0.1) is 22.7 Å². The van der Waals surface area contributed by atoms with Gasteiger partial charge in [-0.3, -0.25) is 4.98 Å². The Morgan fingerprint density at radius 3 is 2.32 bits per heavy atom. The molecule has 0 aliphatic heterocycles. The maximum atomic E-state index is 9.36. The average Bonchev–Trinajstić information content (AvgIpc) is 2.61. The van der Waals surface area contributed by atoms with E-state index in [4.69, 9.17) is 5.26 Å². The third-order valence-corrected chi connectivity index (χ3v) is 3.43. The molecule has 3 nitrogen and oxygen atoms in total. The van der Waals surface area contributed by atoms with Crippen molar-refractivity contribution in [1.29, 1.82) is 10.5 Å². The van der Waals surface area contributed by atoms with Crippen LogP contribution >= 0.6 is 0 Å². The number of rotatable bonds is 2. The van der Waals surface area contributed by atoms with E-state index < -0.39 is 0 Å². The second-order valence-electron chi connectivity index (χ2n) is 4.75. The first kappa shape index (κ1) is 13.5. The minimum Gasteiger partial charge on any atom is -0.256 e. The summed E-state index contributed by atoms with van der Waals surface area (Å²) in [6, 6.07) is 23.1. The molecular weight excluding hydrogens is 270 g/mol. The maximum Gasteiger partial charge on any atom is 0.101 e. The molecule has 0 fully saturated rings. The smallest absolute Gasteiger partial charge is 0.101 e. The zero-order valence-electron chi connectivity index (χ0n) is 11.7. The van der Waals surface area contributed by atoms with Gasteiger partial charge in [0.2, 0.25) is 0 Å². The van der Waals surface area contributed by atoms with Gasteiger partial charge in [0.15, 0.2) is 0 Å². The van der Waals surface area contributed by atoms with Crippen molar-refractivity contribution >= 4 is 0 Å². The van der Waals surface area contributed by atoms with Gasteiger partial charge in [-0.1, -0.05) is 36.4 Å². The lowest BCUT2D eigenvalue weighted by molar-refractivity contribution is 1.33. The fraction of sp³-hybridized carbons (Fsp3) is 0. The van der Waals surface area contributed by atoms with Gasteiger partial charge >= 0.3 is 0 Å². The van der Waals surface area contributed by atoms with Gasteiger partial charge in [0.25, 0.3) is 0 Å². The van der Waals surface area contributed by atoms with Crippen LogP contribution in [0.4, 0.5) is 0 Å². The summed E-state index contributed by atoms with van der Waals surface area (Å²) in [5.41, 5.74) is 4.31. The Morgan fingerprint density at radius 1 is 0.773 bits per heavy atom. The Hall–Kier alpha value is -3.43. The van der Waals surface area contributed by atoms with Gasteiger partial charge in [-0.25, -0.2) is 0 Å². The number of benzene rings is 2. The lowest BCUT2D eigenvalue weighted by atomic mass is 9.95. The highest BCUT2D eigenvalue weighted by molar-refractivity contribution is 5.77. The van der Waals surface area contributed by atoms with Crippen LogP contribution in [0.25, 0.3) is 22.4 Å². The van der Waals surface area contributed by atoms with E-state index in [2.05, 4.69) is 17.1 Å². The predicted molar refractivity (Wildman–Crippen MR) is 84.5 cm³/mol. The Balaban J connectivity index is 2.16. The van der Waals surface area contributed by atoms with Gasteiger partial charge in [0.1, 0.15) is 12.1 Å². The van der Waals surface area contributed by atoms with Gasteiger partial charge in [0.05, 0.1) is 16.8 Å². The molecule has 102 valence electrons. The molecular formula is C19H11N3. The Bertz CT molecular complexity index is 900. The summed E-state index contributed by atoms with van der Waals surface area (Å²) in [7, 11) is 0. The van der Waals surface area contributed by atoms with Gasteiger partial charge in [0, 0.05) is 17.3 Å². The molecule has 0 aliphatic rings. The highest BCUT2D eigenvalue weighted by Crippen LogP contribution is 2.29.